The summed E-state index contributed by atoms with van der Waals surface area (Å²) in [6.07, 6.45) is 1.16. The van der Waals surface area contributed by atoms with Crippen molar-refractivity contribution in [1.29, 1.82) is 5.41 Å². The monoisotopic (exact) mass is 129 g/mol. The van der Waals surface area contributed by atoms with Crippen molar-refractivity contribution < 1.29 is 5.11 Å². The molecule has 1 saturated heterocycles. The van der Waals surface area contributed by atoms with Crippen LogP contribution in [0.3, 0.4) is 0 Å². The highest BCUT2D eigenvalue weighted by Gasteiger charge is 2.22. The van der Waals surface area contributed by atoms with Crippen LogP contribution < -0.4 is 5.73 Å². The Balaban J connectivity index is 2.49. The van der Waals surface area contributed by atoms with Gasteiger partial charge in [0, 0.05) is 6.54 Å². The van der Waals surface area contributed by atoms with Crippen LogP contribution in [-0.4, -0.2) is 28.7 Å². The average Bonchev–Trinajstić information content (AvgIpc) is 2.13. The first-order valence-electron chi connectivity index (χ1n) is 3.00. The Morgan fingerprint density at radius 1 is 1.78 bits per heavy atom. The lowest BCUT2D eigenvalue weighted by Gasteiger charge is -2.18. The predicted octanol–water partition coefficient (Wildman–Crippen LogP) is -0.706. The van der Waals surface area contributed by atoms with Gasteiger partial charge in [0.2, 0.25) is 0 Å². The third-order valence-electron chi connectivity index (χ3n) is 1.53. The van der Waals surface area contributed by atoms with Gasteiger partial charge in [-0.1, -0.05) is 0 Å². The standard InChI is InChI=1S/C5H11N3O/c6-5(7)8-3-1-2-4(8)9/h4,9H,1-3H2,(H3,6,7)/t4-/m0/s1. The van der Waals surface area contributed by atoms with Crippen molar-refractivity contribution in [2.75, 3.05) is 6.54 Å². The van der Waals surface area contributed by atoms with Crippen molar-refractivity contribution in [2.24, 2.45) is 5.73 Å². The molecule has 0 radical (unpaired) electrons. The number of nitrogens with zero attached hydrogens (tertiary/aromatic N) is 1. The summed E-state index contributed by atoms with van der Waals surface area (Å²) in [7, 11) is 0. The Bertz CT molecular complexity index is 125. The van der Waals surface area contributed by atoms with Crippen LogP contribution in [0, 0.1) is 5.41 Å². The third-order valence-corrected chi connectivity index (χ3v) is 1.53. The van der Waals surface area contributed by atoms with E-state index in [0.29, 0.717) is 0 Å². The topological polar surface area (TPSA) is 73.3 Å². The van der Waals surface area contributed by atoms with Gasteiger partial charge in [0.15, 0.2) is 5.96 Å². The van der Waals surface area contributed by atoms with Crippen LogP contribution in [0.15, 0.2) is 0 Å². The molecule has 4 N–H and O–H groups in total. The maximum atomic E-state index is 9.06. The van der Waals surface area contributed by atoms with Gasteiger partial charge in [-0.15, -0.1) is 0 Å². The molecule has 1 atom stereocenters. The number of rotatable bonds is 0. The summed E-state index contributed by atoms with van der Waals surface area (Å²) in [6.45, 7) is 0.719. The van der Waals surface area contributed by atoms with Crippen LogP contribution in [0.5, 0.6) is 0 Å². The SMILES string of the molecule is N=C(N)N1CCC[C@@H]1O. The number of hydrogen-bond acceptors (Lipinski definition) is 2. The van der Waals surface area contributed by atoms with Crippen LogP contribution in [-0.2, 0) is 0 Å². The van der Waals surface area contributed by atoms with Crippen molar-refractivity contribution in [3.63, 3.8) is 0 Å². The summed E-state index contributed by atoms with van der Waals surface area (Å²) in [4.78, 5) is 1.49. The van der Waals surface area contributed by atoms with Crippen LogP contribution in [0.1, 0.15) is 12.8 Å². The van der Waals surface area contributed by atoms with Crippen LogP contribution >= 0.6 is 0 Å². The second-order valence-electron chi connectivity index (χ2n) is 2.20. The Labute approximate surface area is 53.8 Å². The molecule has 0 aromatic heterocycles. The first kappa shape index (κ1) is 6.35. The molecule has 1 rings (SSSR count). The van der Waals surface area contributed by atoms with Crippen molar-refractivity contribution in [1.82, 2.24) is 4.90 Å². The molecule has 0 amide bonds. The third kappa shape index (κ3) is 1.13. The lowest BCUT2D eigenvalue weighted by Crippen LogP contribution is -2.39. The van der Waals surface area contributed by atoms with E-state index >= 15 is 0 Å². The number of nitrogens with two attached hydrogens (primary N) is 1. The van der Waals surface area contributed by atoms with Crippen molar-refractivity contribution in [2.45, 2.75) is 19.1 Å². The number of nitrogens with one attached hydrogen (secondary N) is 1. The van der Waals surface area contributed by atoms with E-state index in [0.717, 1.165) is 19.4 Å². The molecule has 1 fully saturated rings. The zero-order valence-electron chi connectivity index (χ0n) is 5.17. The fraction of sp³-hybridized carbons (Fsp3) is 0.800. The molecule has 0 aromatic carbocycles. The van der Waals surface area contributed by atoms with Gasteiger partial charge >= 0.3 is 0 Å². The Morgan fingerprint density at radius 2 is 2.44 bits per heavy atom. The van der Waals surface area contributed by atoms with Gasteiger partial charge in [-0.25, -0.2) is 0 Å². The first-order valence-corrected chi connectivity index (χ1v) is 3.00. The van der Waals surface area contributed by atoms with E-state index in [1.165, 1.54) is 4.90 Å². The smallest absolute Gasteiger partial charge is 0.190 e. The minimum absolute atomic E-state index is 0.0278. The minimum Gasteiger partial charge on any atom is -0.374 e. The number of hydrogen-bond donors (Lipinski definition) is 3. The molecule has 52 valence electrons. The van der Waals surface area contributed by atoms with Gasteiger partial charge in [0.05, 0.1) is 0 Å². The Morgan fingerprint density at radius 3 is 2.67 bits per heavy atom. The van der Waals surface area contributed by atoms with Crippen molar-refractivity contribution in [3.05, 3.63) is 0 Å². The highest BCUT2D eigenvalue weighted by molar-refractivity contribution is 5.74. The van der Waals surface area contributed by atoms with Crippen molar-refractivity contribution in [3.8, 4) is 0 Å². The minimum atomic E-state index is -0.512. The summed E-state index contributed by atoms with van der Waals surface area (Å²) < 4.78 is 0. The second-order valence-corrected chi connectivity index (χ2v) is 2.20. The Kier molecular flexibility index (Phi) is 1.57. The largest absolute Gasteiger partial charge is 0.374 e. The van der Waals surface area contributed by atoms with Crippen LogP contribution in [0.4, 0.5) is 0 Å². The molecule has 1 heterocycles. The van der Waals surface area contributed by atoms with Gasteiger partial charge in [0.25, 0.3) is 0 Å². The molecule has 4 nitrogen and oxygen atoms in total. The summed E-state index contributed by atoms with van der Waals surface area (Å²) in [5.41, 5.74) is 5.14. The van der Waals surface area contributed by atoms with Gasteiger partial charge in [-0.2, -0.15) is 0 Å². The fourth-order valence-corrected chi connectivity index (χ4v) is 1.03. The second kappa shape index (κ2) is 2.23. The molecular formula is C5H11N3O. The van der Waals surface area contributed by atoms with Crippen LogP contribution in [0.2, 0.25) is 0 Å². The summed E-state index contributed by atoms with van der Waals surface area (Å²) >= 11 is 0. The molecule has 0 bridgehead atoms. The highest BCUT2D eigenvalue weighted by Crippen LogP contribution is 2.12. The quantitative estimate of drug-likeness (QED) is 0.299. The van der Waals surface area contributed by atoms with E-state index in [9.17, 15) is 0 Å². The summed E-state index contributed by atoms with van der Waals surface area (Å²) in [5.74, 6) is -0.0278. The molecule has 0 saturated carbocycles. The highest BCUT2D eigenvalue weighted by atomic mass is 16.3. The van der Waals surface area contributed by atoms with E-state index in [2.05, 4.69) is 0 Å². The molecule has 1 aliphatic heterocycles. The van der Waals surface area contributed by atoms with Crippen LogP contribution in [0.25, 0.3) is 0 Å². The maximum Gasteiger partial charge on any atom is 0.190 e. The van der Waals surface area contributed by atoms with E-state index in [1.54, 1.807) is 0 Å². The van der Waals surface area contributed by atoms with Gasteiger partial charge < -0.3 is 15.7 Å². The average molecular weight is 129 g/mol. The van der Waals surface area contributed by atoms with E-state index < -0.39 is 6.23 Å². The van der Waals surface area contributed by atoms with Gasteiger partial charge in [-0.3, -0.25) is 5.41 Å². The van der Waals surface area contributed by atoms with Gasteiger partial charge in [0.1, 0.15) is 6.23 Å². The van der Waals surface area contributed by atoms with E-state index in [1.807, 2.05) is 0 Å². The lowest BCUT2D eigenvalue weighted by atomic mass is 10.4. The maximum absolute atomic E-state index is 9.06. The van der Waals surface area contributed by atoms with E-state index in [-0.39, 0.29) is 5.96 Å². The molecule has 0 spiro atoms. The molecule has 0 aliphatic carbocycles. The number of guanidine groups is 1. The summed E-state index contributed by atoms with van der Waals surface area (Å²) in [5, 5.41) is 16.0. The normalized spacial score (nSPS) is 26.8. The molecule has 9 heavy (non-hydrogen) atoms. The van der Waals surface area contributed by atoms with Crippen molar-refractivity contribution >= 4 is 5.96 Å². The number of aliphatic hydroxyl groups is 1. The molecule has 4 heteroatoms. The number of aliphatic hydroxyl groups excluding tert-OH is 1. The zero-order chi connectivity index (χ0) is 6.85. The summed E-state index contributed by atoms with van der Waals surface area (Å²) in [6, 6.07) is 0. The van der Waals surface area contributed by atoms with Gasteiger partial charge in [-0.05, 0) is 12.8 Å². The molecule has 1 aliphatic rings. The first-order chi connectivity index (χ1) is 4.22. The molecular weight excluding hydrogens is 118 g/mol. The molecule has 0 aromatic rings. The number of likely N-dealkylation sites (tertiary alicyclic amines) is 1. The zero-order valence-corrected chi connectivity index (χ0v) is 5.17. The lowest BCUT2D eigenvalue weighted by molar-refractivity contribution is 0.0850. The predicted molar refractivity (Wildman–Crippen MR) is 33.9 cm³/mol. The fourth-order valence-electron chi connectivity index (χ4n) is 1.03. The molecule has 0 unspecified atom stereocenters. The Hall–Kier alpha value is -0.770. The van der Waals surface area contributed by atoms with E-state index in [4.69, 9.17) is 16.2 Å².